The highest BCUT2D eigenvalue weighted by Crippen LogP contribution is 2.28. The first-order valence-corrected chi connectivity index (χ1v) is 11.3. The topological polar surface area (TPSA) is 59.8 Å². The second-order valence-electron chi connectivity index (χ2n) is 6.31. The maximum atomic E-state index is 12.4. The number of aromatic nitrogens is 3. The average Bonchev–Trinajstić information content (AvgIpc) is 3.08. The smallest absolute Gasteiger partial charge is 0.234 e. The van der Waals surface area contributed by atoms with Gasteiger partial charge in [-0.1, -0.05) is 39.8 Å². The Morgan fingerprint density at radius 3 is 2.46 bits per heavy atom. The fraction of sp³-hybridized carbons (Fsp3) is 0.250. The van der Waals surface area contributed by atoms with Gasteiger partial charge >= 0.3 is 0 Å². The third kappa shape index (κ3) is 4.85. The van der Waals surface area contributed by atoms with Gasteiger partial charge in [0.05, 0.1) is 11.4 Å². The van der Waals surface area contributed by atoms with Crippen LogP contribution in [-0.2, 0) is 11.3 Å². The van der Waals surface area contributed by atoms with E-state index in [1.54, 1.807) is 0 Å². The first-order chi connectivity index (χ1) is 13.4. The molecule has 0 spiro atoms. The number of hydrogen-bond acceptors (Lipinski definition) is 4. The maximum absolute atomic E-state index is 12.4. The Hall–Kier alpha value is -1.64. The minimum atomic E-state index is -0.0789. The third-order valence-electron chi connectivity index (χ3n) is 4.33. The van der Waals surface area contributed by atoms with Gasteiger partial charge in [0.15, 0.2) is 11.0 Å². The van der Waals surface area contributed by atoms with Crippen molar-refractivity contribution in [3.8, 4) is 11.4 Å². The molecule has 3 rings (SSSR count). The highest BCUT2D eigenvalue weighted by Gasteiger charge is 2.15. The van der Waals surface area contributed by atoms with E-state index < -0.39 is 0 Å². The van der Waals surface area contributed by atoms with E-state index >= 15 is 0 Å². The number of carbonyl (C=O) groups is 1. The molecule has 5 nitrogen and oxygen atoms in total. The van der Waals surface area contributed by atoms with E-state index in [9.17, 15) is 4.79 Å². The molecule has 146 valence electrons. The summed E-state index contributed by atoms with van der Waals surface area (Å²) in [7, 11) is 0. The summed E-state index contributed by atoms with van der Waals surface area (Å²) >= 11 is 8.34. The Morgan fingerprint density at radius 1 is 1.11 bits per heavy atom. The predicted molar refractivity (Wildman–Crippen MR) is 122 cm³/mol. The van der Waals surface area contributed by atoms with E-state index in [1.165, 1.54) is 17.3 Å². The van der Waals surface area contributed by atoms with Crippen molar-refractivity contribution in [2.75, 3.05) is 11.1 Å². The van der Waals surface area contributed by atoms with Crippen molar-refractivity contribution >= 4 is 55.2 Å². The van der Waals surface area contributed by atoms with Crippen LogP contribution in [0.15, 0.2) is 50.5 Å². The van der Waals surface area contributed by atoms with Gasteiger partial charge in [0, 0.05) is 21.1 Å². The van der Waals surface area contributed by atoms with E-state index in [0.717, 1.165) is 43.3 Å². The molecule has 3 aromatic rings. The Bertz CT molecular complexity index is 1000. The molecule has 0 atom stereocenters. The average molecular weight is 524 g/mol. The first kappa shape index (κ1) is 21.1. The minimum absolute atomic E-state index is 0.0789. The lowest BCUT2D eigenvalue weighted by Gasteiger charge is -2.11. The molecule has 0 aliphatic rings. The van der Waals surface area contributed by atoms with Crippen LogP contribution in [0.25, 0.3) is 11.4 Å². The molecule has 1 heterocycles. The summed E-state index contributed by atoms with van der Waals surface area (Å²) < 4.78 is 3.92. The zero-order valence-corrected chi connectivity index (χ0v) is 19.8. The summed E-state index contributed by atoms with van der Waals surface area (Å²) in [5, 5.41) is 12.3. The van der Waals surface area contributed by atoms with E-state index in [-0.39, 0.29) is 11.7 Å². The predicted octanol–water partition coefficient (Wildman–Crippen LogP) is 5.84. The van der Waals surface area contributed by atoms with Crippen molar-refractivity contribution in [3.63, 3.8) is 0 Å². The quantitative estimate of drug-likeness (QED) is 0.412. The lowest BCUT2D eigenvalue weighted by Crippen LogP contribution is -2.15. The number of nitrogens with zero attached hydrogens (tertiary/aromatic N) is 3. The standard InChI is InChI=1S/C20H20Br2N4OS/c1-4-26-19(14-5-7-15(21)8-6-14)24-25-20(26)28-11-18(27)23-17-10-13(3)12(2)9-16(17)22/h5-10H,4,11H2,1-3H3,(H,23,27). The number of amides is 1. The van der Waals surface area contributed by atoms with Gasteiger partial charge in [0.1, 0.15) is 0 Å². The van der Waals surface area contributed by atoms with Crippen molar-refractivity contribution in [1.82, 2.24) is 14.8 Å². The number of halogens is 2. The summed E-state index contributed by atoms with van der Waals surface area (Å²) in [6, 6.07) is 11.9. The molecule has 28 heavy (non-hydrogen) atoms. The van der Waals surface area contributed by atoms with Crippen molar-refractivity contribution in [2.24, 2.45) is 0 Å². The van der Waals surface area contributed by atoms with Crippen LogP contribution in [0.4, 0.5) is 5.69 Å². The van der Waals surface area contributed by atoms with E-state index in [4.69, 9.17) is 0 Å². The van der Waals surface area contributed by atoms with Crippen molar-refractivity contribution < 1.29 is 4.79 Å². The summed E-state index contributed by atoms with van der Waals surface area (Å²) in [4.78, 5) is 12.4. The second-order valence-corrected chi connectivity index (χ2v) is 9.02. The summed E-state index contributed by atoms with van der Waals surface area (Å²) in [6.45, 7) is 6.84. The molecule has 0 saturated heterocycles. The molecule has 1 N–H and O–H groups in total. The Labute approximate surface area is 185 Å². The zero-order chi connectivity index (χ0) is 20.3. The molecule has 0 radical (unpaired) electrons. The molecule has 0 saturated carbocycles. The van der Waals surface area contributed by atoms with Gasteiger partial charge in [-0.05, 0) is 72.1 Å². The Kier molecular flexibility index (Phi) is 6.95. The van der Waals surface area contributed by atoms with Crippen molar-refractivity contribution in [3.05, 3.63) is 56.5 Å². The van der Waals surface area contributed by atoms with E-state index in [1.807, 2.05) is 61.7 Å². The number of benzene rings is 2. The van der Waals surface area contributed by atoms with Crippen LogP contribution in [0, 0.1) is 13.8 Å². The Morgan fingerprint density at radius 2 is 1.79 bits per heavy atom. The summed E-state index contributed by atoms with van der Waals surface area (Å²) in [5.74, 6) is 0.984. The number of anilines is 1. The molecule has 0 aliphatic heterocycles. The lowest BCUT2D eigenvalue weighted by atomic mass is 10.1. The van der Waals surface area contributed by atoms with Crippen LogP contribution in [0.2, 0.25) is 0 Å². The largest absolute Gasteiger partial charge is 0.324 e. The number of carbonyl (C=O) groups excluding carboxylic acids is 1. The second kappa shape index (κ2) is 9.24. The summed E-state index contributed by atoms with van der Waals surface area (Å²) in [5.41, 5.74) is 4.08. The van der Waals surface area contributed by atoms with Gasteiger partial charge in [-0.25, -0.2) is 0 Å². The Balaban J connectivity index is 1.70. The highest BCUT2D eigenvalue weighted by molar-refractivity contribution is 9.10. The number of nitrogens with one attached hydrogen (secondary N) is 1. The third-order valence-corrected chi connectivity index (χ3v) is 6.48. The molecule has 1 amide bonds. The molecule has 0 fully saturated rings. The van der Waals surface area contributed by atoms with Gasteiger partial charge in [-0.2, -0.15) is 0 Å². The lowest BCUT2D eigenvalue weighted by molar-refractivity contribution is -0.113. The van der Waals surface area contributed by atoms with Crippen LogP contribution in [0.5, 0.6) is 0 Å². The molecule has 0 unspecified atom stereocenters. The van der Waals surface area contributed by atoms with Gasteiger partial charge in [-0.15, -0.1) is 10.2 Å². The van der Waals surface area contributed by atoms with Crippen LogP contribution >= 0.6 is 43.6 Å². The molecule has 1 aromatic heterocycles. The van der Waals surface area contributed by atoms with Gasteiger partial charge < -0.3 is 9.88 Å². The minimum Gasteiger partial charge on any atom is -0.324 e. The van der Waals surface area contributed by atoms with Crippen molar-refractivity contribution in [2.45, 2.75) is 32.5 Å². The van der Waals surface area contributed by atoms with Gasteiger partial charge in [0.2, 0.25) is 5.91 Å². The highest BCUT2D eigenvalue weighted by atomic mass is 79.9. The first-order valence-electron chi connectivity index (χ1n) is 8.77. The fourth-order valence-electron chi connectivity index (χ4n) is 2.69. The molecule has 8 heteroatoms. The van der Waals surface area contributed by atoms with E-state index in [2.05, 4.69) is 47.4 Å². The normalized spacial score (nSPS) is 10.9. The fourth-order valence-corrected chi connectivity index (χ4v) is 4.31. The number of hydrogen-bond donors (Lipinski definition) is 1. The number of rotatable bonds is 6. The maximum Gasteiger partial charge on any atom is 0.234 e. The van der Waals surface area contributed by atoms with Crippen LogP contribution < -0.4 is 5.32 Å². The monoisotopic (exact) mass is 522 g/mol. The van der Waals surface area contributed by atoms with Crippen LogP contribution in [0.1, 0.15) is 18.1 Å². The SMILES string of the molecule is CCn1c(SCC(=O)Nc2cc(C)c(C)cc2Br)nnc1-c1ccc(Br)cc1. The van der Waals surface area contributed by atoms with Gasteiger partial charge in [-0.3, -0.25) is 4.79 Å². The van der Waals surface area contributed by atoms with Crippen LogP contribution in [0.3, 0.4) is 0 Å². The zero-order valence-electron chi connectivity index (χ0n) is 15.8. The molecular formula is C20H20Br2N4OS. The molecule has 0 aliphatic carbocycles. The van der Waals surface area contributed by atoms with Gasteiger partial charge in [0.25, 0.3) is 0 Å². The number of thioether (sulfide) groups is 1. The van der Waals surface area contributed by atoms with Crippen LogP contribution in [-0.4, -0.2) is 26.4 Å². The summed E-state index contributed by atoms with van der Waals surface area (Å²) in [6.07, 6.45) is 0. The molecular weight excluding hydrogens is 504 g/mol. The molecule has 0 bridgehead atoms. The van der Waals surface area contributed by atoms with E-state index in [0.29, 0.717) is 0 Å². The molecule has 2 aromatic carbocycles. The van der Waals surface area contributed by atoms with Crippen molar-refractivity contribution in [1.29, 1.82) is 0 Å². The number of aryl methyl sites for hydroxylation is 2.